The number of hydrogen-bond donors (Lipinski definition) is 0. The highest BCUT2D eigenvalue weighted by Gasteiger charge is 2.33. The lowest BCUT2D eigenvalue weighted by Gasteiger charge is -2.19. The highest BCUT2D eigenvalue weighted by atomic mass is 127. The zero-order valence-corrected chi connectivity index (χ0v) is 14.2. The van der Waals surface area contributed by atoms with E-state index in [2.05, 4.69) is 35.0 Å². The maximum absolute atomic E-state index is 12.7. The van der Waals surface area contributed by atoms with Gasteiger partial charge in [0, 0.05) is 23.4 Å². The lowest BCUT2D eigenvalue weighted by atomic mass is 9.87. The Labute approximate surface area is 146 Å². The number of ketones is 1. The maximum atomic E-state index is 12.7. The van der Waals surface area contributed by atoms with E-state index >= 15 is 0 Å². The van der Waals surface area contributed by atoms with E-state index in [1.165, 1.54) is 16.3 Å². The SMILES string of the molecule is O=C1c2ccccc2CCC1[n+]1ccc2ccccc2c1.[I-]. The zero-order valence-electron chi connectivity index (χ0n) is 12.1. The molecule has 0 radical (unpaired) electrons. The topological polar surface area (TPSA) is 20.9 Å². The average Bonchev–Trinajstić information content (AvgIpc) is 2.55. The second-order valence-electron chi connectivity index (χ2n) is 5.60. The van der Waals surface area contributed by atoms with Crippen LogP contribution in [-0.4, -0.2) is 5.78 Å². The molecule has 0 fully saturated rings. The Hall–Kier alpha value is -1.75. The number of halogens is 1. The minimum Gasteiger partial charge on any atom is -1.00 e. The molecule has 1 heterocycles. The Morgan fingerprint density at radius 1 is 0.909 bits per heavy atom. The summed E-state index contributed by atoms with van der Waals surface area (Å²) in [5.41, 5.74) is 2.06. The molecule has 0 saturated heterocycles. The predicted molar refractivity (Wildman–Crippen MR) is 82.3 cm³/mol. The highest BCUT2D eigenvalue weighted by molar-refractivity contribution is 6.00. The van der Waals surface area contributed by atoms with E-state index in [9.17, 15) is 4.79 Å². The Kier molecular flexibility index (Phi) is 4.25. The van der Waals surface area contributed by atoms with Crippen molar-refractivity contribution in [1.82, 2.24) is 0 Å². The van der Waals surface area contributed by atoms with E-state index in [1.807, 2.05) is 36.5 Å². The first-order chi connectivity index (χ1) is 10.3. The molecule has 2 nitrogen and oxygen atoms in total. The largest absolute Gasteiger partial charge is 1.00 e. The zero-order chi connectivity index (χ0) is 14.2. The summed E-state index contributed by atoms with van der Waals surface area (Å²) in [4.78, 5) is 12.7. The molecule has 0 bridgehead atoms. The molecule has 0 amide bonds. The highest BCUT2D eigenvalue weighted by Crippen LogP contribution is 2.25. The summed E-state index contributed by atoms with van der Waals surface area (Å²) in [5, 5.41) is 2.38. The van der Waals surface area contributed by atoms with Crippen LogP contribution in [0, 0.1) is 0 Å². The van der Waals surface area contributed by atoms with Crippen LogP contribution >= 0.6 is 0 Å². The van der Waals surface area contributed by atoms with Crippen molar-refractivity contribution in [2.75, 3.05) is 0 Å². The molecule has 1 aliphatic carbocycles. The molecule has 1 atom stereocenters. The Balaban J connectivity index is 0.00000144. The van der Waals surface area contributed by atoms with Gasteiger partial charge in [0.1, 0.15) is 0 Å². The van der Waals surface area contributed by atoms with Crippen LogP contribution in [0.5, 0.6) is 0 Å². The molecule has 110 valence electrons. The molecule has 1 unspecified atom stereocenters. The third kappa shape index (κ3) is 2.54. The van der Waals surface area contributed by atoms with Crippen LogP contribution in [-0.2, 0) is 6.42 Å². The summed E-state index contributed by atoms with van der Waals surface area (Å²) in [7, 11) is 0. The van der Waals surface area contributed by atoms with Crippen LogP contribution < -0.4 is 28.5 Å². The summed E-state index contributed by atoms with van der Waals surface area (Å²) >= 11 is 0. The standard InChI is InChI=1S/C19H16NO.HI/c21-19-17-8-4-3-6-15(17)9-10-18(19)20-12-11-14-5-1-2-7-16(14)13-20;/h1-8,11-13,18H,9-10H2;1H/q+1;/p-1. The number of rotatable bonds is 1. The minimum absolute atomic E-state index is 0. The third-order valence-corrected chi connectivity index (χ3v) is 4.34. The first-order valence-corrected chi connectivity index (χ1v) is 7.34. The van der Waals surface area contributed by atoms with E-state index in [4.69, 9.17) is 0 Å². The van der Waals surface area contributed by atoms with E-state index in [0.717, 1.165) is 18.4 Å². The van der Waals surface area contributed by atoms with Gasteiger partial charge < -0.3 is 24.0 Å². The van der Waals surface area contributed by atoms with Crippen LogP contribution in [0.1, 0.15) is 28.4 Å². The molecule has 1 aromatic heterocycles. The van der Waals surface area contributed by atoms with Gasteiger partial charge >= 0.3 is 0 Å². The molecule has 2 aromatic carbocycles. The van der Waals surface area contributed by atoms with Gasteiger partial charge in [-0.2, -0.15) is 4.57 Å². The number of Topliss-reactive ketones (excluding diaryl/α,β-unsaturated/α-hetero) is 1. The predicted octanol–water partition coefficient (Wildman–Crippen LogP) is 0.501. The third-order valence-electron chi connectivity index (χ3n) is 4.34. The molecule has 0 saturated carbocycles. The molecule has 1 aliphatic rings. The van der Waals surface area contributed by atoms with E-state index in [-0.39, 0.29) is 35.8 Å². The Morgan fingerprint density at radius 2 is 1.64 bits per heavy atom. The van der Waals surface area contributed by atoms with Crippen molar-refractivity contribution < 1.29 is 33.3 Å². The molecule has 0 spiro atoms. The lowest BCUT2D eigenvalue weighted by molar-refractivity contribution is -0.707. The number of carbonyl (C=O) groups excluding carboxylic acids is 1. The number of pyridine rings is 1. The van der Waals surface area contributed by atoms with Crippen LogP contribution in [0.4, 0.5) is 0 Å². The summed E-state index contributed by atoms with van der Waals surface area (Å²) in [6.45, 7) is 0. The summed E-state index contributed by atoms with van der Waals surface area (Å²) in [6, 6.07) is 18.2. The number of fused-ring (bicyclic) bond motifs is 2. The molecular formula is C19H16INO. The maximum Gasteiger partial charge on any atom is 0.230 e. The van der Waals surface area contributed by atoms with Gasteiger partial charge in [-0.1, -0.05) is 42.5 Å². The molecule has 3 aromatic rings. The van der Waals surface area contributed by atoms with Crippen molar-refractivity contribution in [2.24, 2.45) is 0 Å². The minimum atomic E-state index is -0.0792. The average molecular weight is 401 g/mol. The second-order valence-corrected chi connectivity index (χ2v) is 5.60. The number of aromatic nitrogens is 1. The van der Waals surface area contributed by atoms with Crippen molar-refractivity contribution in [3.05, 3.63) is 78.1 Å². The van der Waals surface area contributed by atoms with E-state index in [0.29, 0.717) is 0 Å². The van der Waals surface area contributed by atoms with Crippen LogP contribution in [0.25, 0.3) is 10.8 Å². The fourth-order valence-corrected chi connectivity index (χ4v) is 3.21. The van der Waals surface area contributed by atoms with E-state index < -0.39 is 0 Å². The molecule has 3 heteroatoms. The van der Waals surface area contributed by atoms with Crippen molar-refractivity contribution in [3.8, 4) is 0 Å². The Morgan fingerprint density at radius 3 is 2.50 bits per heavy atom. The van der Waals surface area contributed by atoms with Gasteiger partial charge in [-0.3, -0.25) is 4.79 Å². The van der Waals surface area contributed by atoms with Crippen LogP contribution in [0.3, 0.4) is 0 Å². The summed E-state index contributed by atoms with van der Waals surface area (Å²) in [5.74, 6) is 0.233. The van der Waals surface area contributed by atoms with Gasteiger partial charge in [0.15, 0.2) is 12.4 Å². The normalized spacial score (nSPS) is 16.9. The number of hydrogen-bond acceptors (Lipinski definition) is 1. The lowest BCUT2D eigenvalue weighted by Crippen LogP contribution is -3.00. The first kappa shape index (κ1) is 15.2. The van der Waals surface area contributed by atoms with Crippen molar-refractivity contribution in [1.29, 1.82) is 0 Å². The first-order valence-electron chi connectivity index (χ1n) is 7.34. The number of aryl methyl sites for hydroxylation is 1. The quantitative estimate of drug-likeness (QED) is 0.430. The van der Waals surface area contributed by atoms with Gasteiger partial charge in [0.05, 0.1) is 0 Å². The van der Waals surface area contributed by atoms with Crippen molar-refractivity contribution in [3.63, 3.8) is 0 Å². The monoisotopic (exact) mass is 401 g/mol. The van der Waals surface area contributed by atoms with Gasteiger partial charge in [0.25, 0.3) is 0 Å². The van der Waals surface area contributed by atoms with Gasteiger partial charge in [-0.25, -0.2) is 0 Å². The number of benzene rings is 2. The van der Waals surface area contributed by atoms with Gasteiger partial charge in [0.2, 0.25) is 11.8 Å². The number of nitrogens with zero attached hydrogens (tertiary/aromatic N) is 1. The number of carbonyl (C=O) groups is 1. The second kappa shape index (κ2) is 6.16. The fraction of sp³-hybridized carbons (Fsp3) is 0.158. The van der Waals surface area contributed by atoms with Crippen LogP contribution in [0.2, 0.25) is 0 Å². The molecular weight excluding hydrogens is 385 g/mol. The van der Waals surface area contributed by atoms with Crippen molar-refractivity contribution in [2.45, 2.75) is 18.9 Å². The van der Waals surface area contributed by atoms with E-state index in [1.54, 1.807) is 0 Å². The van der Waals surface area contributed by atoms with Gasteiger partial charge in [-0.05, 0) is 23.4 Å². The Bertz CT molecular complexity index is 843. The fourth-order valence-electron chi connectivity index (χ4n) is 3.21. The van der Waals surface area contributed by atoms with Crippen molar-refractivity contribution >= 4 is 16.6 Å². The summed E-state index contributed by atoms with van der Waals surface area (Å²) < 4.78 is 2.07. The summed E-state index contributed by atoms with van der Waals surface area (Å²) in [6.07, 6.45) is 5.95. The molecule has 0 N–H and O–H groups in total. The molecule has 22 heavy (non-hydrogen) atoms. The smallest absolute Gasteiger partial charge is 0.230 e. The molecule has 4 rings (SSSR count). The molecule has 0 aliphatic heterocycles. The van der Waals surface area contributed by atoms with Crippen LogP contribution in [0.15, 0.2) is 67.0 Å². The van der Waals surface area contributed by atoms with Gasteiger partial charge in [-0.15, -0.1) is 0 Å².